The lowest BCUT2D eigenvalue weighted by molar-refractivity contribution is -0.118. The number of benzene rings is 4. The molecule has 1 heterocycles. The predicted octanol–water partition coefficient (Wildman–Crippen LogP) is 5.73. The van der Waals surface area contributed by atoms with Gasteiger partial charge >= 0.3 is 0 Å². The number of hydrazone groups is 1. The van der Waals surface area contributed by atoms with E-state index in [1.54, 1.807) is 22.9 Å². The Labute approximate surface area is 223 Å². The molecule has 1 aromatic heterocycles. The van der Waals surface area contributed by atoms with E-state index in [1.807, 2.05) is 97.9 Å². The topological polar surface area (TPSA) is 85.6 Å². The fourth-order valence-electron chi connectivity index (χ4n) is 3.75. The van der Waals surface area contributed by atoms with Crippen molar-refractivity contribution in [1.29, 1.82) is 0 Å². The summed E-state index contributed by atoms with van der Waals surface area (Å²) in [6.07, 6.45) is 1.55. The first-order valence-electron chi connectivity index (χ1n) is 11.9. The quantitative estimate of drug-likeness (QED) is 0.122. The van der Waals surface area contributed by atoms with E-state index < -0.39 is 0 Å². The molecule has 0 radical (unpaired) electrons. The molecule has 1 N–H and O–H groups in total. The molecule has 0 aliphatic carbocycles. The first-order chi connectivity index (χ1) is 18.6. The van der Waals surface area contributed by atoms with Crippen LogP contribution in [0.25, 0.3) is 16.6 Å². The number of hydrogen-bond acceptors (Lipinski definition) is 6. The van der Waals surface area contributed by atoms with Gasteiger partial charge in [-0.1, -0.05) is 71.9 Å². The normalized spacial score (nSPS) is 11.1. The van der Waals surface area contributed by atoms with Gasteiger partial charge in [-0.3, -0.25) is 14.2 Å². The molecule has 4 aromatic carbocycles. The summed E-state index contributed by atoms with van der Waals surface area (Å²) in [5, 5.41) is 5.03. The zero-order valence-corrected chi connectivity index (χ0v) is 21.4. The summed E-state index contributed by atoms with van der Waals surface area (Å²) in [7, 11) is 0. The van der Waals surface area contributed by atoms with Gasteiger partial charge in [0.2, 0.25) is 0 Å². The number of ether oxygens (including phenoxy) is 1. The monoisotopic (exact) mass is 520 g/mol. The van der Waals surface area contributed by atoms with Crippen LogP contribution >= 0.6 is 11.8 Å². The maximum absolute atomic E-state index is 13.3. The van der Waals surface area contributed by atoms with Crippen molar-refractivity contribution < 1.29 is 9.53 Å². The summed E-state index contributed by atoms with van der Waals surface area (Å²) in [5.41, 5.74) is 5.49. The zero-order valence-electron chi connectivity index (χ0n) is 20.6. The third-order valence-corrected chi connectivity index (χ3v) is 6.55. The highest BCUT2D eigenvalue weighted by molar-refractivity contribution is 7.99. The number of amides is 1. The van der Waals surface area contributed by atoms with Crippen molar-refractivity contribution in [2.24, 2.45) is 5.10 Å². The molecule has 0 unspecified atom stereocenters. The molecular weight excluding hydrogens is 496 g/mol. The second-order valence-electron chi connectivity index (χ2n) is 8.46. The molecule has 0 saturated heterocycles. The first-order valence-corrected chi connectivity index (χ1v) is 12.9. The molecule has 5 aromatic rings. The maximum atomic E-state index is 13.3. The Hall–Kier alpha value is -4.69. The Morgan fingerprint density at radius 1 is 0.947 bits per heavy atom. The van der Waals surface area contributed by atoms with E-state index in [0.717, 1.165) is 16.9 Å². The number of hydrogen-bond donors (Lipinski definition) is 1. The van der Waals surface area contributed by atoms with Crippen LogP contribution in [0, 0.1) is 6.92 Å². The highest BCUT2D eigenvalue weighted by Crippen LogP contribution is 2.22. The molecule has 0 atom stereocenters. The number of fused-ring (bicyclic) bond motifs is 1. The van der Waals surface area contributed by atoms with Gasteiger partial charge in [0.15, 0.2) is 5.16 Å². The number of carbonyl (C=O) groups excluding carboxylic acids is 1. The summed E-state index contributed by atoms with van der Waals surface area (Å²) < 4.78 is 7.38. The largest absolute Gasteiger partial charge is 0.457 e. The van der Waals surface area contributed by atoms with Crippen molar-refractivity contribution in [3.05, 3.63) is 125 Å². The van der Waals surface area contributed by atoms with E-state index in [9.17, 15) is 9.59 Å². The minimum atomic E-state index is -0.319. The van der Waals surface area contributed by atoms with Gasteiger partial charge in [0.25, 0.3) is 11.5 Å². The number of nitrogens with zero attached hydrogens (tertiary/aromatic N) is 3. The van der Waals surface area contributed by atoms with Crippen LogP contribution in [0.3, 0.4) is 0 Å². The van der Waals surface area contributed by atoms with Crippen LogP contribution in [-0.2, 0) is 4.79 Å². The SMILES string of the molecule is Cc1ccc(-n2c(SCC(=O)NN=Cc3cccc(Oc4ccccc4)c3)nc3ccccc3c2=O)cc1. The van der Waals surface area contributed by atoms with Crippen LogP contribution in [0.15, 0.2) is 118 Å². The number of aryl methyl sites for hydroxylation is 1. The zero-order chi connectivity index (χ0) is 26.3. The van der Waals surface area contributed by atoms with Crippen LogP contribution in [0.5, 0.6) is 11.5 Å². The molecule has 188 valence electrons. The molecule has 5 rings (SSSR count). The first kappa shape index (κ1) is 25.0. The van der Waals surface area contributed by atoms with Gasteiger partial charge in [0, 0.05) is 0 Å². The Bertz CT molecular complexity index is 1670. The van der Waals surface area contributed by atoms with Crippen LogP contribution < -0.4 is 15.7 Å². The summed E-state index contributed by atoms with van der Waals surface area (Å²) >= 11 is 1.18. The molecule has 0 bridgehead atoms. The summed E-state index contributed by atoms with van der Waals surface area (Å²) in [6, 6.07) is 31.7. The summed E-state index contributed by atoms with van der Waals surface area (Å²) in [6.45, 7) is 1.98. The van der Waals surface area contributed by atoms with Gasteiger partial charge in [-0.25, -0.2) is 10.4 Å². The Morgan fingerprint density at radius 2 is 1.68 bits per heavy atom. The summed E-state index contributed by atoms with van der Waals surface area (Å²) in [4.78, 5) is 30.6. The molecule has 8 heteroatoms. The number of rotatable bonds is 8. The van der Waals surface area contributed by atoms with E-state index in [2.05, 4.69) is 15.5 Å². The lowest BCUT2D eigenvalue weighted by Gasteiger charge is -2.13. The van der Waals surface area contributed by atoms with Gasteiger partial charge < -0.3 is 4.74 Å². The van der Waals surface area contributed by atoms with Gasteiger partial charge in [0.1, 0.15) is 11.5 Å². The van der Waals surface area contributed by atoms with E-state index >= 15 is 0 Å². The van der Waals surface area contributed by atoms with E-state index in [0.29, 0.717) is 27.5 Å². The maximum Gasteiger partial charge on any atom is 0.266 e. The highest BCUT2D eigenvalue weighted by atomic mass is 32.2. The van der Waals surface area contributed by atoms with Crippen molar-refractivity contribution >= 4 is 34.8 Å². The van der Waals surface area contributed by atoms with Crippen molar-refractivity contribution in [3.8, 4) is 17.2 Å². The van der Waals surface area contributed by atoms with E-state index in [4.69, 9.17) is 4.74 Å². The van der Waals surface area contributed by atoms with Crippen LogP contribution in [-0.4, -0.2) is 27.4 Å². The Morgan fingerprint density at radius 3 is 2.50 bits per heavy atom. The van der Waals surface area contributed by atoms with Crippen molar-refractivity contribution in [2.75, 3.05) is 5.75 Å². The van der Waals surface area contributed by atoms with Gasteiger partial charge in [-0.15, -0.1) is 0 Å². The van der Waals surface area contributed by atoms with Crippen molar-refractivity contribution in [3.63, 3.8) is 0 Å². The Balaban J connectivity index is 1.28. The van der Waals surface area contributed by atoms with E-state index in [1.165, 1.54) is 11.8 Å². The van der Waals surface area contributed by atoms with Gasteiger partial charge in [-0.05, 0) is 61.0 Å². The molecule has 38 heavy (non-hydrogen) atoms. The standard InChI is InChI=1S/C30H24N4O3S/c1-21-14-16-23(17-15-21)34-29(36)26-12-5-6-13-27(26)32-30(34)38-20-28(35)33-31-19-22-8-7-11-25(18-22)37-24-9-3-2-4-10-24/h2-19H,20H2,1H3,(H,33,35). The molecule has 7 nitrogen and oxygen atoms in total. The second kappa shape index (κ2) is 11.6. The third-order valence-electron chi connectivity index (χ3n) is 5.61. The molecule has 1 amide bonds. The number of aromatic nitrogens is 2. The van der Waals surface area contributed by atoms with Crippen LogP contribution in [0.1, 0.15) is 11.1 Å². The highest BCUT2D eigenvalue weighted by Gasteiger charge is 2.14. The minimum Gasteiger partial charge on any atom is -0.457 e. The van der Waals surface area contributed by atoms with Gasteiger partial charge in [-0.2, -0.15) is 5.10 Å². The lowest BCUT2D eigenvalue weighted by atomic mass is 10.2. The minimum absolute atomic E-state index is 0.0329. The van der Waals surface area contributed by atoms with Crippen LogP contribution in [0.4, 0.5) is 0 Å². The molecular formula is C30H24N4O3S. The fourth-order valence-corrected chi connectivity index (χ4v) is 4.56. The van der Waals surface area contributed by atoms with Gasteiger partial charge in [0.05, 0.1) is 28.6 Å². The number of thioether (sulfide) groups is 1. The van der Waals surface area contributed by atoms with Crippen molar-refractivity contribution in [1.82, 2.24) is 15.0 Å². The Kier molecular flexibility index (Phi) is 7.61. The third kappa shape index (κ3) is 5.99. The average molecular weight is 521 g/mol. The second-order valence-corrected chi connectivity index (χ2v) is 9.40. The average Bonchev–Trinajstić information content (AvgIpc) is 2.93. The molecule has 0 saturated carbocycles. The van der Waals surface area contributed by atoms with Crippen LogP contribution in [0.2, 0.25) is 0 Å². The molecule has 0 aliphatic rings. The summed E-state index contributed by atoms with van der Waals surface area (Å²) in [5.74, 6) is 1.11. The molecule has 0 spiro atoms. The number of carbonyl (C=O) groups is 1. The van der Waals surface area contributed by atoms with Crippen molar-refractivity contribution in [2.45, 2.75) is 12.1 Å². The fraction of sp³-hybridized carbons (Fsp3) is 0.0667. The molecule has 0 aliphatic heterocycles. The molecule has 0 fully saturated rings. The number of nitrogens with one attached hydrogen (secondary N) is 1. The lowest BCUT2D eigenvalue weighted by Crippen LogP contribution is -2.24. The van der Waals surface area contributed by atoms with E-state index in [-0.39, 0.29) is 17.2 Å². The predicted molar refractivity (Wildman–Crippen MR) is 151 cm³/mol. The smallest absolute Gasteiger partial charge is 0.266 e. The number of para-hydroxylation sites is 2.